The number of benzene rings is 1. The molecule has 1 unspecified atom stereocenters. The van der Waals surface area contributed by atoms with E-state index in [9.17, 15) is 4.79 Å². The highest BCUT2D eigenvalue weighted by Crippen LogP contribution is 2.17. The Hall–Kier alpha value is -1.66. The van der Waals surface area contributed by atoms with Gasteiger partial charge in [-0.1, -0.05) is 26.3 Å². The van der Waals surface area contributed by atoms with E-state index in [1.54, 1.807) is 0 Å². The molecule has 5 nitrogen and oxygen atoms in total. The zero-order valence-corrected chi connectivity index (χ0v) is 14.7. The molecule has 1 heterocycles. The third-order valence-electron chi connectivity index (χ3n) is 3.92. The molecule has 0 aromatic heterocycles. The Morgan fingerprint density at radius 2 is 1.91 bits per heavy atom. The number of anilines is 2. The summed E-state index contributed by atoms with van der Waals surface area (Å²) in [6, 6.07) is 7.62. The molecule has 23 heavy (non-hydrogen) atoms. The van der Waals surface area contributed by atoms with E-state index in [4.69, 9.17) is 12.2 Å². The maximum Gasteiger partial charge on any atom is 0.227 e. The molecule has 1 saturated heterocycles. The lowest BCUT2D eigenvalue weighted by Gasteiger charge is -2.19. The Morgan fingerprint density at radius 1 is 1.26 bits per heavy atom. The van der Waals surface area contributed by atoms with E-state index in [1.165, 1.54) is 12.8 Å². The van der Waals surface area contributed by atoms with Crippen LogP contribution in [0.1, 0.15) is 39.5 Å². The second-order valence-corrected chi connectivity index (χ2v) is 6.43. The van der Waals surface area contributed by atoms with Gasteiger partial charge < -0.3 is 10.6 Å². The average Bonchev–Trinajstić information content (AvgIpc) is 3.00. The Bertz CT molecular complexity index is 543. The molecular weight excluding hydrogens is 308 g/mol. The van der Waals surface area contributed by atoms with Crippen molar-refractivity contribution in [3.05, 3.63) is 24.3 Å². The molecule has 1 fully saturated rings. The molecule has 6 heteroatoms. The molecule has 1 amide bonds. The summed E-state index contributed by atoms with van der Waals surface area (Å²) in [4.78, 5) is 12.1. The van der Waals surface area contributed by atoms with Gasteiger partial charge in [-0.3, -0.25) is 10.2 Å². The van der Waals surface area contributed by atoms with Crippen molar-refractivity contribution in [2.45, 2.75) is 39.5 Å². The first kappa shape index (κ1) is 17.7. The van der Waals surface area contributed by atoms with Crippen molar-refractivity contribution < 1.29 is 4.79 Å². The quantitative estimate of drug-likeness (QED) is 0.697. The van der Waals surface area contributed by atoms with Crippen molar-refractivity contribution in [2.24, 2.45) is 5.92 Å². The van der Waals surface area contributed by atoms with E-state index in [-0.39, 0.29) is 11.8 Å². The van der Waals surface area contributed by atoms with Crippen LogP contribution in [-0.2, 0) is 4.79 Å². The highest BCUT2D eigenvalue weighted by Gasteiger charge is 2.13. The van der Waals surface area contributed by atoms with Crippen LogP contribution >= 0.6 is 12.2 Å². The summed E-state index contributed by atoms with van der Waals surface area (Å²) in [5.74, 6) is 0.0799. The summed E-state index contributed by atoms with van der Waals surface area (Å²) in [5, 5.41) is 8.82. The maximum atomic E-state index is 12.1. The molecule has 0 radical (unpaired) electrons. The number of amides is 1. The fraction of sp³-hybridized carbons (Fsp3) is 0.529. The molecule has 0 aliphatic carbocycles. The van der Waals surface area contributed by atoms with Gasteiger partial charge in [0.05, 0.1) is 0 Å². The number of carbonyl (C=O) groups excluding carboxylic acids is 1. The molecule has 0 spiro atoms. The van der Waals surface area contributed by atoms with Crippen LogP contribution in [0, 0.1) is 5.92 Å². The van der Waals surface area contributed by atoms with Crippen LogP contribution in [0.25, 0.3) is 0 Å². The third kappa shape index (κ3) is 5.80. The van der Waals surface area contributed by atoms with E-state index >= 15 is 0 Å². The van der Waals surface area contributed by atoms with Crippen molar-refractivity contribution in [1.82, 2.24) is 10.4 Å². The average molecular weight is 334 g/mol. The van der Waals surface area contributed by atoms with Crippen LogP contribution in [0.2, 0.25) is 0 Å². The minimum Gasteiger partial charge on any atom is -0.332 e. The molecule has 1 aliphatic heterocycles. The van der Waals surface area contributed by atoms with Gasteiger partial charge in [0.1, 0.15) is 0 Å². The van der Waals surface area contributed by atoms with Gasteiger partial charge in [-0.2, -0.15) is 0 Å². The fourth-order valence-corrected chi connectivity index (χ4v) is 2.88. The van der Waals surface area contributed by atoms with Gasteiger partial charge in [-0.05, 0) is 49.7 Å². The molecule has 1 aliphatic rings. The number of nitrogens with one attached hydrogen (secondary N) is 3. The van der Waals surface area contributed by atoms with Gasteiger partial charge in [0.25, 0.3) is 0 Å². The Balaban J connectivity index is 1.88. The van der Waals surface area contributed by atoms with Gasteiger partial charge in [-0.15, -0.1) is 0 Å². The SMILES string of the molecule is CCCC(C)C(=O)Nc1cccc(NC(=S)NN2CCCC2)c1. The second-order valence-electron chi connectivity index (χ2n) is 6.02. The number of hydrogen-bond donors (Lipinski definition) is 3. The zero-order chi connectivity index (χ0) is 16.7. The van der Waals surface area contributed by atoms with Crippen molar-refractivity contribution in [3.8, 4) is 0 Å². The molecule has 1 aromatic carbocycles. The Kier molecular flexibility index (Phi) is 6.80. The van der Waals surface area contributed by atoms with Gasteiger partial charge in [-0.25, -0.2) is 5.01 Å². The fourth-order valence-electron chi connectivity index (χ4n) is 2.64. The number of nitrogens with zero attached hydrogens (tertiary/aromatic N) is 1. The Morgan fingerprint density at radius 3 is 2.57 bits per heavy atom. The molecule has 1 aromatic rings. The van der Waals surface area contributed by atoms with Crippen LogP contribution < -0.4 is 16.1 Å². The van der Waals surface area contributed by atoms with Crippen LogP contribution in [0.4, 0.5) is 11.4 Å². The third-order valence-corrected chi connectivity index (χ3v) is 4.12. The minimum absolute atomic E-state index is 0.0227. The van der Waals surface area contributed by atoms with E-state index in [0.717, 1.165) is 37.3 Å². The topological polar surface area (TPSA) is 56.4 Å². The molecule has 3 N–H and O–H groups in total. The Labute approximate surface area is 143 Å². The lowest BCUT2D eigenvalue weighted by molar-refractivity contribution is -0.119. The molecule has 0 saturated carbocycles. The normalized spacial score (nSPS) is 15.9. The van der Waals surface area contributed by atoms with Gasteiger partial charge in [0.2, 0.25) is 5.91 Å². The predicted octanol–water partition coefficient (Wildman–Crippen LogP) is 3.36. The second kappa shape index (κ2) is 8.84. The van der Waals surface area contributed by atoms with Gasteiger partial charge in [0, 0.05) is 30.4 Å². The van der Waals surface area contributed by atoms with Crippen molar-refractivity contribution in [3.63, 3.8) is 0 Å². The summed E-state index contributed by atoms with van der Waals surface area (Å²) in [7, 11) is 0. The van der Waals surface area contributed by atoms with Crippen molar-refractivity contribution in [1.29, 1.82) is 0 Å². The van der Waals surface area contributed by atoms with E-state index in [2.05, 4.69) is 28.0 Å². The summed E-state index contributed by atoms with van der Waals surface area (Å²) < 4.78 is 0. The highest BCUT2D eigenvalue weighted by atomic mass is 32.1. The lowest BCUT2D eigenvalue weighted by Crippen LogP contribution is -2.42. The summed E-state index contributed by atoms with van der Waals surface area (Å²) in [6.45, 7) is 6.08. The number of hydrogen-bond acceptors (Lipinski definition) is 3. The number of thiocarbonyl (C=S) groups is 1. The molecule has 2 rings (SSSR count). The van der Waals surface area contributed by atoms with Gasteiger partial charge in [0.15, 0.2) is 5.11 Å². The first-order valence-electron chi connectivity index (χ1n) is 8.32. The monoisotopic (exact) mass is 334 g/mol. The minimum atomic E-state index is 0.0227. The van der Waals surface area contributed by atoms with Crippen molar-refractivity contribution in [2.75, 3.05) is 23.7 Å². The smallest absolute Gasteiger partial charge is 0.227 e. The van der Waals surface area contributed by atoms with E-state index < -0.39 is 0 Å². The molecule has 126 valence electrons. The largest absolute Gasteiger partial charge is 0.332 e. The first-order chi connectivity index (χ1) is 11.1. The maximum absolute atomic E-state index is 12.1. The van der Waals surface area contributed by atoms with Crippen molar-refractivity contribution >= 4 is 34.6 Å². The molecule has 0 bridgehead atoms. The zero-order valence-electron chi connectivity index (χ0n) is 13.9. The van der Waals surface area contributed by atoms with Gasteiger partial charge >= 0.3 is 0 Å². The first-order valence-corrected chi connectivity index (χ1v) is 8.73. The van der Waals surface area contributed by atoms with Crippen LogP contribution in [0.3, 0.4) is 0 Å². The van der Waals surface area contributed by atoms with E-state index in [1.807, 2.05) is 31.2 Å². The lowest BCUT2D eigenvalue weighted by atomic mass is 10.1. The summed E-state index contributed by atoms with van der Waals surface area (Å²) in [5.41, 5.74) is 4.84. The standard InChI is InChI=1S/C17H26N4OS/c1-3-7-13(2)16(22)18-14-8-6-9-15(12-14)19-17(23)20-21-10-4-5-11-21/h6,8-9,12-13H,3-5,7,10-11H2,1-2H3,(H,18,22)(H2,19,20,23). The predicted molar refractivity (Wildman–Crippen MR) is 99.3 cm³/mol. The number of carbonyl (C=O) groups is 1. The summed E-state index contributed by atoms with van der Waals surface area (Å²) in [6.07, 6.45) is 4.31. The van der Waals surface area contributed by atoms with E-state index in [0.29, 0.717) is 5.11 Å². The molecular formula is C17H26N4OS. The van der Waals surface area contributed by atoms with Crippen LogP contribution in [0.5, 0.6) is 0 Å². The molecule has 1 atom stereocenters. The van der Waals surface area contributed by atoms with Crippen LogP contribution in [-0.4, -0.2) is 29.1 Å². The number of hydrazine groups is 1. The van der Waals surface area contributed by atoms with Crippen LogP contribution in [0.15, 0.2) is 24.3 Å². The highest BCUT2D eigenvalue weighted by molar-refractivity contribution is 7.80. The summed E-state index contributed by atoms with van der Waals surface area (Å²) >= 11 is 5.33. The number of rotatable bonds is 6.